The van der Waals surface area contributed by atoms with Crippen LogP contribution in [0.2, 0.25) is 0 Å². The van der Waals surface area contributed by atoms with Gasteiger partial charge < -0.3 is 10.2 Å². The summed E-state index contributed by atoms with van der Waals surface area (Å²) in [5.41, 5.74) is 4.64. The van der Waals surface area contributed by atoms with E-state index in [-0.39, 0.29) is 19.0 Å². The van der Waals surface area contributed by atoms with E-state index in [0.29, 0.717) is 28.7 Å². The number of hydrogen-bond donors (Lipinski definition) is 2. The SMILES string of the molecule is C=C(C)C.Cc1nc(NC2CCN(c3nc4ccccc4n3C(C)F)CC2)ncc1C(=N)c1cccc(F)c1.[HH]. The average molecular weight is 534 g/mol. The van der Waals surface area contributed by atoms with Crippen LogP contribution in [0.1, 0.15) is 58.2 Å². The number of imidazole rings is 1. The van der Waals surface area contributed by atoms with Crippen molar-refractivity contribution < 1.29 is 10.2 Å². The normalized spacial score (nSPS) is 14.5. The summed E-state index contributed by atoms with van der Waals surface area (Å²) in [5, 5.41) is 11.8. The molecule has 206 valence electrons. The molecule has 0 bridgehead atoms. The van der Waals surface area contributed by atoms with Crippen LogP contribution in [-0.2, 0) is 0 Å². The average Bonchev–Trinajstić information content (AvgIpc) is 3.29. The molecular weight excluding hydrogens is 496 g/mol. The number of benzene rings is 2. The highest BCUT2D eigenvalue weighted by molar-refractivity contribution is 6.11. The number of rotatable bonds is 6. The topological polar surface area (TPSA) is 82.7 Å². The molecule has 1 saturated heterocycles. The lowest BCUT2D eigenvalue weighted by Crippen LogP contribution is -2.40. The van der Waals surface area contributed by atoms with E-state index < -0.39 is 6.30 Å². The van der Waals surface area contributed by atoms with Crippen LogP contribution in [0.15, 0.2) is 66.9 Å². The number of halogens is 2. The Bertz CT molecular complexity index is 1470. The number of allylic oxidation sites excluding steroid dienone is 1. The molecule has 9 heteroatoms. The highest BCUT2D eigenvalue weighted by Gasteiger charge is 2.26. The van der Waals surface area contributed by atoms with Crippen molar-refractivity contribution in [2.24, 2.45) is 0 Å². The molecule has 1 aliphatic heterocycles. The standard InChI is InChI=1S/C26H27F2N7.C4H8.H2/c1-16-21(24(29)18-6-5-7-19(28)14-18)15-30-25(31-16)32-20-10-12-34(13-11-20)26-33-22-8-3-4-9-23(22)35(26)17(2)27;1-4(2)3;/h3-9,14-15,17,20,29H,10-13H2,1-2H3,(H,30,31,32);1H2,2-3H3;1H. The van der Waals surface area contributed by atoms with Crippen molar-refractivity contribution in [1.29, 1.82) is 5.41 Å². The highest BCUT2D eigenvalue weighted by Crippen LogP contribution is 2.29. The van der Waals surface area contributed by atoms with Crippen LogP contribution >= 0.6 is 0 Å². The molecule has 1 fully saturated rings. The molecule has 1 atom stereocenters. The lowest BCUT2D eigenvalue weighted by Gasteiger charge is -2.33. The van der Waals surface area contributed by atoms with E-state index in [1.54, 1.807) is 22.9 Å². The molecule has 2 aromatic carbocycles. The van der Waals surface area contributed by atoms with Gasteiger partial charge in [0.25, 0.3) is 0 Å². The predicted molar refractivity (Wildman–Crippen MR) is 156 cm³/mol. The number of hydrogen-bond acceptors (Lipinski definition) is 6. The molecule has 5 rings (SSSR count). The quantitative estimate of drug-likeness (QED) is 0.204. The Kier molecular flexibility index (Phi) is 8.69. The minimum absolute atomic E-state index is 0. The van der Waals surface area contributed by atoms with Gasteiger partial charge in [-0.3, -0.25) is 9.98 Å². The molecule has 0 amide bonds. The Hall–Kier alpha value is -4.14. The summed E-state index contributed by atoms with van der Waals surface area (Å²) in [6.45, 7) is 12.3. The number of nitrogens with one attached hydrogen (secondary N) is 2. The first-order valence-corrected chi connectivity index (χ1v) is 13.1. The fourth-order valence-corrected chi connectivity index (χ4v) is 4.59. The van der Waals surface area contributed by atoms with Gasteiger partial charge in [0, 0.05) is 37.9 Å². The maximum atomic E-state index is 14.5. The lowest BCUT2D eigenvalue weighted by molar-refractivity contribution is 0.274. The molecule has 0 radical (unpaired) electrons. The van der Waals surface area contributed by atoms with Crippen LogP contribution in [0.4, 0.5) is 20.7 Å². The first-order chi connectivity index (χ1) is 18.6. The molecule has 39 heavy (non-hydrogen) atoms. The van der Waals surface area contributed by atoms with Crippen LogP contribution in [0.25, 0.3) is 11.0 Å². The lowest BCUT2D eigenvalue weighted by atomic mass is 10.0. The zero-order valence-electron chi connectivity index (χ0n) is 22.9. The van der Waals surface area contributed by atoms with Gasteiger partial charge in [-0.05, 0) is 64.8 Å². The maximum absolute atomic E-state index is 14.5. The van der Waals surface area contributed by atoms with Gasteiger partial charge in [-0.1, -0.05) is 29.8 Å². The number of aryl methyl sites for hydroxylation is 1. The number of piperidine rings is 1. The van der Waals surface area contributed by atoms with Crippen molar-refractivity contribution in [1.82, 2.24) is 19.5 Å². The second-order valence-electron chi connectivity index (χ2n) is 10.0. The van der Waals surface area contributed by atoms with Crippen molar-refractivity contribution in [3.05, 3.63) is 89.5 Å². The number of anilines is 2. The third-order valence-electron chi connectivity index (χ3n) is 6.41. The summed E-state index contributed by atoms with van der Waals surface area (Å²) in [4.78, 5) is 15.8. The molecule has 0 aliphatic carbocycles. The zero-order chi connectivity index (χ0) is 28.1. The number of nitrogens with zero attached hydrogens (tertiary/aromatic N) is 5. The van der Waals surface area contributed by atoms with E-state index in [4.69, 9.17) is 10.4 Å². The Balaban J connectivity index is 0.000000828. The zero-order valence-corrected chi connectivity index (χ0v) is 22.9. The third-order valence-corrected chi connectivity index (χ3v) is 6.41. The molecular formula is C30H37F2N7. The first kappa shape index (κ1) is 27.9. The molecule has 1 aliphatic rings. The molecule has 2 N–H and O–H groups in total. The Morgan fingerprint density at radius 2 is 1.82 bits per heavy atom. The van der Waals surface area contributed by atoms with E-state index in [1.165, 1.54) is 24.6 Å². The number of alkyl halides is 1. The second-order valence-corrected chi connectivity index (χ2v) is 10.0. The summed E-state index contributed by atoms with van der Waals surface area (Å²) in [6.07, 6.45) is 2.09. The van der Waals surface area contributed by atoms with Crippen molar-refractivity contribution in [3.8, 4) is 0 Å². The van der Waals surface area contributed by atoms with E-state index in [1.807, 2.05) is 45.0 Å². The molecule has 1 unspecified atom stereocenters. The van der Waals surface area contributed by atoms with Gasteiger partial charge in [-0.2, -0.15) is 0 Å². The van der Waals surface area contributed by atoms with Crippen molar-refractivity contribution in [2.75, 3.05) is 23.3 Å². The van der Waals surface area contributed by atoms with Gasteiger partial charge in [0.05, 0.1) is 22.4 Å². The second kappa shape index (κ2) is 12.1. The van der Waals surface area contributed by atoms with E-state index >= 15 is 0 Å². The summed E-state index contributed by atoms with van der Waals surface area (Å²) >= 11 is 0. The number of aromatic nitrogens is 4. The number of para-hydroxylation sites is 2. The summed E-state index contributed by atoms with van der Waals surface area (Å²) in [5.74, 6) is 0.778. The molecule has 7 nitrogen and oxygen atoms in total. The van der Waals surface area contributed by atoms with Crippen LogP contribution in [-0.4, -0.2) is 44.4 Å². The molecule has 3 heterocycles. The van der Waals surface area contributed by atoms with E-state index in [2.05, 4.69) is 26.8 Å². The van der Waals surface area contributed by atoms with Crippen molar-refractivity contribution >= 4 is 28.6 Å². The van der Waals surface area contributed by atoms with Crippen LogP contribution in [0.3, 0.4) is 0 Å². The fraction of sp³-hybridized carbons (Fsp3) is 0.333. The summed E-state index contributed by atoms with van der Waals surface area (Å²) in [7, 11) is 0. The Labute approximate surface area is 229 Å². The monoisotopic (exact) mass is 533 g/mol. The predicted octanol–water partition coefficient (Wildman–Crippen LogP) is 7.09. The third kappa shape index (κ3) is 6.66. The maximum Gasteiger partial charge on any atom is 0.223 e. The van der Waals surface area contributed by atoms with Crippen molar-refractivity contribution in [3.63, 3.8) is 0 Å². The molecule has 4 aromatic rings. The van der Waals surface area contributed by atoms with E-state index in [0.717, 1.165) is 37.0 Å². The summed E-state index contributed by atoms with van der Waals surface area (Å²) < 4.78 is 29.7. The van der Waals surface area contributed by atoms with Crippen LogP contribution < -0.4 is 10.2 Å². The smallest absolute Gasteiger partial charge is 0.223 e. The first-order valence-electron chi connectivity index (χ1n) is 13.1. The van der Waals surface area contributed by atoms with Gasteiger partial charge in [-0.25, -0.2) is 23.7 Å². The van der Waals surface area contributed by atoms with Gasteiger partial charge in [0.15, 0.2) is 6.30 Å². The van der Waals surface area contributed by atoms with Crippen molar-refractivity contribution in [2.45, 2.75) is 52.9 Å². The minimum Gasteiger partial charge on any atom is -0.351 e. The minimum atomic E-state index is -1.17. The van der Waals surface area contributed by atoms with Crippen LogP contribution in [0.5, 0.6) is 0 Å². The molecule has 2 aromatic heterocycles. The largest absolute Gasteiger partial charge is 0.351 e. The van der Waals surface area contributed by atoms with Gasteiger partial charge >= 0.3 is 0 Å². The number of fused-ring (bicyclic) bond motifs is 1. The highest BCUT2D eigenvalue weighted by atomic mass is 19.1. The fourth-order valence-electron chi connectivity index (χ4n) is 4.59. The van der Waals surface area contributed by atoms with Gasteiger partial charge in [0.1, 0.15) is 5.82 Å². The summed E-state index contributed by atoms with van der Waals surface area (Å²) in [6, 6.07) is 13.7. The van der Waals surface area contributed by atoms with Crippen LogP contribution in [0, 0.1) is 18.2 Å². The Morgan fingerprint density at radius 3 is 2.46 bits per heavy atom. The van der Waals surface area contributed by atoms with E-state index in [9.17, 15) is 8.78 Å². The Morgan fingerprint density at radius 1 is 1.13 bits per heavy atom. The van der Waals surface area contributed by atoms with Gasteiger partial charge in [0.2, 0.25) is 11.9 Å². The molecule has 0 saturated carbocycles. The van der Waals surface area contributed by atoms with Gasteiger partial charge in [-0.15, -0.1) is 6.58 Å². The molecule has 0 spiro atoms.